The zero-order valence-corrected chi connectivity index (χ0v) is 14.6. The van der Waals surface area contributed by atoms with Gasteiger partial charge in [-0.05, 0) is 38.5 Å². The van der Waals surface area contributed by atoms with Crippen LogP contribution in [0.4, 0.5) is 0 Å². The van der Waals surface area contributed by atoms with Gasteiger partial charge in [0.15, 0.2) is 12.1 Å². The fourth-order valence-electron chi connectivity index (χ4n) is 2.37. The van der Waals surface area contributed by atoms with Crippen LogP contribution >= 0.6 is 0 Å². The summed E-state index contributed by atoms with van der Waals surface area (Å²) in [4.78, 5) is 0. The van der Waals surface area contributed by atoms with Gasteiger partial charge in [-0.3, -0.25) is 0 Å². The summed E-state index contributed by atoms with van der Waals surface area (Å²) in [5, 5.41) is 0. The number of ether oxygens (including phenoxy) is 4. The third-order valence-electron chi connectivity index (χ3n) is 3.63. The topological polar surface area (TPSA) is 36.9 Å². The predicted octanol–water partition coefficient (Wildman–Crippen LogP) is 3.16. The Kier molecular flexibility index (Phi) is 4.76. The second kappa shape index (κ2) is 5.89. The molecular weight excluding hydrogens is 272 g/mol. The largest absolute Gasteiger partial charge is 0.349 e. The Labute approximate surface area is 123 Å². The fourth-order valence-corrected chi connectivity index (χ4v) is 3.10. The smallest absolute Gasteiger partial charge is 0.177 e. The molecule has 2 aliphatic heterocycles. The molecule has 0 N–H and O–H groups in total. The Morgan fingerprint density at radius 2 is 2.05 bits per heavy atom. The Hall–Kier alpha value is -0.203. The molecule has 116 valence electrons. The summed E-state index contributed by atoms with van der Waals surface area (Å²) >= 11 is 0. The van der Waals surface area contributed by atoms with Crippen LogP contribution < -0.4 is 0 Å². The Morgan fingerprint density at radius 3 is 2.70 bits per heavy atom. The molecule has 0 aromatic rings. The van der Waals surface area contributed by atoms with Crippen molar-refractivity contribution in [2.45, 2.75) is 70.7 Å². The first-order chi connectivity index (χ1) is 9.16. The molecular formula is C15H28O4Si. The van der Waals surface area contributed by atoms with Crippen LogP contribution in [-0.2, 0) is 18.9 Å². The molecule has 2 rings (SSSR count). The quantitative estimate of drug-likeness (QED) is 0.590. The lowest BCUT2D eigenvalue weighted by atomic mass is 10.0. The Morgan fingerprint density at radius 1 is 1.35 bits per heavy atom. The zero-order valence-electron chi connectivity index (χ0n) is 13.6. The Bertz CT molecular complexity index is 373. The maximum atomic E-state index is 5.94. The van der Waals surface area contributed by atoms with E-state index >= 15 is 0 Å². The molecule has 5 heteroatoms. The van der Waals surface area contributed by atoms with Crippen molar-refractivity contribution in [2.24, 2.45) is 0 Å². The van der Waals surface area contributed by atoms with Crippen molar-refractivity contribution in [3.05, 3.63) is 11.6 Å². The third kappa shape index (κ3) is 4.40. The summed E-state index contributed by atoms with van der Waals surface area (Å²) in [6, 6.07) is 1.15. The summed E-state index contributed by atoms with van der Waals surface area (Å²) in [6.45, 7) is 14.3. The van der Waals surface area contributed by atoms with Crippen LogP contribution in [0.3, 0.4) is 0 Å². The molecule has 2 heterocycles. The van der Waals surface area contributed by atoms with E-state index in [0.717, 1.165) is 12.7 Å². The molecule has 0 amide bonds. The molecule has 1 fully saturated rings. The van der Waals surface area contributed by atoms with Crippen molar-refractivity contribution in [2.75, 3.05) is 13.2 Å². The minimum atomic E-state index is -1.06. The highest BCUT2D eigenvalue weighted by atomic mass is 28.3. The highest BCUT2D eigenvalue weighted by Crippen LogP contribution is 2.32. The van der Waals surface area contributed by atoms with Gasteiger partial charge < -0.3 is 18.9 Å². The predicted molar refractivity (Wildman–Crippen MR) is 81.4 cm³/mol. The maximum absolute atomic E-state index is 5.94. The van der Waals surface area contributed by atoms with Crippen molar-refractivity contribution >= 4 is 8.07 Å². The molecule has 4 nitrogen and oxygen atoms in total. The van der Waals surface area contributed by atoms with Crippen LogP contribution in [0.2, 0.25) is 25.7 Å². The lowest BCUT2D eigenvalue weighted by Gasteiger charge is -2.44. The fraction of sp³-hybridized carbons (Fsp3) is 0.867. The van der Waals surface area contributed by atoms with Gasteiger partial charge in [-0.15, -0.1) is 0 Å². The summed E-state index contributed by atoms with van der Waals surface area (Å²) in [6.07, 6.45) is 1.69. The van der Waals surface area contributed by atoms with Crippen LogP contribution in [0, 0.1) is 0 Å². The highest BCUT2D eigenvalue weighted by Gasteiger charge is 2.41. The number of hydrogen-bond acceptors (Lipinski definition) is 4. The minimum Gasteiger partial charge on any atom is -0.349 e. The van der Waals surface area contributed by atoms with Crippen LogP contribution in [0.5, 0.6) is 0 Å². The van der Waals surface area contributed by atoms with E-state index in [2.05, 4.69) is 26.6 Å². The summed E-state index contributed by atoms with van der Waals surface area (Å²) in [5.74, 6) is -0.537. The summed E-state index contributed by atoms with van der Waals surface area (Å²) in [7, 11) is -1.06. The van der Waals surface area contributed by atoms with Crippen molar-refractivity contribution in [1.29, 1.82) is 0 Å². The monoisotopic (exact) mass is 300 g/mol. The first-order valence-corrected chi connectivity index (χ1v) is 11.1. The summed E-state index contributed by atoms with van der Waals surface area (Å²) < 4.78 is 23.4. The first-order valence-electron chi connectivity index (χ1n) is 7.43. The molecule has 0 saturated carbocycles. The molecule has 0 aliphatic carbocycles. The van der Waals surface area contributed by atoms with Crippen molar-refractivity contribution in [3.8, 4) is 0 Å². The average molecular weight is 300 g/mol. The van der Waals surface area contributed by atoms with Gasteiger partial charge in [0.05, 0.1) is 6.61 Å². The Balaban J connectivity index is 1.91. The third-order valence-corrected chi connectivity index (χ3v) is 5.34. The highest BCUT2D eigenvalue weighted by molar-refractivity contribution is 6.76. The van der Waals surface area contributed by atoms with E-state index in [1.165, 1.54) is 5.57 Å². The van der Waals surface area contributed by atoms with Gasteiger partial charge in [0, 0.05) is 14.7 Å². The SMILES string of the molecule is CC1=CC(OCC[Si](C)(C)C)OC2COC(C)(C)OC12. The van der Waals surface area contributed by atoms with E-state index in [0.29, 0.717) is 6.61 Å². The molecule has 2 aliphatic rings. The van der Waals surface area contributed by atoms with E-state index < -0.39 is 13.9 Å². The lowest BCUT2D eigenvalue weighted by Crippen LogP contribution is -2.53. The van der Waals surface area contributed by atoms with E-state index in [-0.39, 0.29) is 18.5 Å². The minimum absolute atomic E-state index is 0.0180. The summed E-state index contributed by atoms with van der Waals surface area (Å²) in [5.41, 5.74) is 1.18. The van der Waals surface area contributed by atoms with Gasteiger partial charge in [0.25, 0.3) is 0 Å². The molecule has 3 unspecified atom stereocenters. The molecule has 0 spiro atoms. The van der Waals surface area contributed by atoms with E-state index in [4.69, 9.17) is 18.9 Å². The lowest BCUT2D eigenvalue weighted by molar-refractivity contribution is -0.321. The number of hydrogen-bond donors (Lipinski definition) is 0. The molecule has 0 aromatic heterocycles. The average Bonchev–Trinajstić information content (AvgIpc) is 2.28. The second-order valence-electron chi connectivity index (χ2n) is 7.38. The van der Waals surface area contributed by atoms with E-state index in [1.807, 2.05) is 19.9 Å². The number of rotatable bonds is 4. The van der Waals surface area contributed by atoms with Crippen LogP contribution in [0.15, 0.2) is 11.6 Å². The van der Waals surface area contributed by atoms with Crippen molar-refractivity contribution < 1.29 is 18.9 Å². The molecule has 1 saturated heterocycles. The maximum Gasteiger partial charge on any atom is 0.177 e. The molecule has 0 bridgehead atoms. The standard InChI is InChI=1S/C15H28O4Si/c1-11-9-13(16-7-8-20(4,5)6)18-12-10-17-15(2,3)19-14(11)12/h9,12-14H,7-8,10H2,1-6H3. The molecule has 0 radical (unpaired) electrons. The normalized spacial score (nSPS) is 33.5. The number of fused-ring (bicyclic) bond motifs is 1. The van der Waals surface area contributed by atoms with E-state index in [1.54, 1.807) is 0 Å². The van der Waals surface area contributed by atoms with Gasteiger partial charge in [-0.1, -0.05) is 19.6 Å². The molecule has 0 aromatic carbocycles. The van der Waals surface area contributed by atoms with Gasteiger partial charge in [-0.2, -0.15) is 0 Å². The van der Waals surface area contributed by atoms with Crippen molar-refractivity contribution in [1.82, 2.24) is 0 Å². The van der Waals surface area contributed by atoms with Crippen LogP contribution in [-0.4, -0.2) is 45.6 Å². The molecule has 3 atom stereocenters. The van der Waals surface area contributed by atoms with Crippen LogP contribution in [0.25, 0.3) is 0 Å². The van der Waals surface area contributed by atoms with Gasteiger partial charge in [-0.25, -0.2) is 0 Å². The van der Waals surface area contributed by atoms with Crippen molar-refractivity contribution in [3.63, 3.8) is 0 Å². The first kappa shape index (κ1) is 16.2. The van der Waals surface area contributed by atoms with Gasteiger partial charge >= 0.3 is 0 Å². The van der Waals surface area contributed by atoms with Gasteiger partial charge in [0.1, 0.15) is 12.2 Å². The zero-order chi connectivity index (χ0) is 15.0. The van der Waals surface area contributed by atoms with Crippen LogP contribution in [0.1, 0.15) is 20.8 Å². The van der Waals surface area contributed by atoms with E-state index in [9.17, 15) is 0 Å². The second-order valence-corrected chi connectivity index (χ2v) is 13.0. The van der Waals surface area contributed by atoms with Gasteiger partial charge in [0.2, 0.25) is 0 Å². The molecule has 20 heavy (non-hydrogen) atoms.